The fourth-order valence-corrected chi connectivity index (χ4v) is 1.77. The smallest absolute Gasteiger partial charge is 0.312 e. The van der Waals surface area contributed by atoms with Crippen LogP contribution in [0.1, 0.15) is 16.1 Å². The number of aromatic nitrogens is 1. The maximum Gasteiger partial charge on any atom is 0.418 e. The number of halogens is 3. The van der Waals surface area contributed by atoms with Crippen LogP contribution < -0.4 is 11.3 Å². The molecule has 0 bridgehead atoms. The number of nitrogen functional groups attached to an aromatic ring is 1. The number of hydrazine groups is 1. The quantitative estimate of drug-likeness (QED) is 0.498. The van der Waals surface area contributed by atoms with E-state index in [9.17, 15) is 18.0 Å². The Kier molecular flexibility index (Phi) is 3.30. The summed E-state index contributed by atoms with van der Waals surface area (Å²) in [7, 11) is 0. The predicted octanol–water partition coefficient (Wildman–Crippen LogP) is 2.10. The van der Waals surface area contributed by atoms with Crippen LogP contribution in [-0.2, 0) is 6.18 Å². The zero-order chi connectivity index (χ0) is 14.0. The second-order valence-electron chi connectivity index (χ2n) is 3.75. The van der Waals surface area contributed by atoms with Gasteiger partial charge >= 0.3 is 6.18 Å². The average Bonchev–Trinajstić information content (AvgIpc) is 2.86. The molecule has 100 valence electrons. The minimum Gasteiger partial charge on any atom is -0.312 e. The Labute approximate surface area is 106 Å². The van der Waals surface area contributed by atoms with Gasteiger partial charge in [0.05, 0.1) is 11.3 Å². The predicted molar refractivity (Wildman–Crippen MR) is 62.4 cm³/mol. The van der Waals surface area contributed by atoms with Gasteiger partial charge in [0.2, 0.25) is 0 Å². The summed E-state index contributed by atoms with van der Waals surface area (Å²) in [5, 5.41) is 0. The van der Waals surface area contributed by atoms with Gasteiger partial charge in [-0.05, 0) is 24.3 Å². The highest BCUT2D eigenvalue weighted by atomic mass is 19.4. The first kappa shape index (κ1) is 13.2. The van der Waals surface area contributed by atoms with Gasteiger partial charge in [-0.1, -0.05) is 12.1 Å². The summed E-state index contributed by atoms with van der Waals surface area (Å²) < 4.78 is 39.9. The number of nitrogens with zero attached hydrogens (tertiary/aromatic N) is 1. The van der Waals surface area contributed by atoms with Crippen molar-refractivity contribution in [2.75, 3.05) is 0 Å². The van der Waals surface area contributed by atoms with Gasteiger partial charge in [0.1, 0.15) is 5.69 Å². The Hall–Kier alpha value is -2.28. The van der Waals surface area contributed by atoms with Gasteiger partial charge in [0.15, 0.2) is 0 Å². The van der Waals surface area contributed by atoms with E-state index in [4.69, 9.17) is 5.84 Å². The van der Waals surface area contributed by atoms with Crippen LogP contribution in [0.4, 0.5) is 13.2 Å². The molecule has 19 heavy (non-hydrogen) atoms. The van der Waals surface area contributed by atoms with Crippen molar-refractivity contribution in [2.45, 2.75) is 6.18 Å². The fraction of sp³-hybridized carbons (Fsp3) is 0.0833. The molecule has 1 aromatic heterocycles. The first-order valence-corrected chi connectivity index (χ1v) is 5.30. The maximum absolute atomic E-state index is 12.9. The Morgan fingerprint density at radius 3 is 2.47 bits per heavy atom. The normalized spacial score (nSPS) is 11.4. The highest BCUT2D eigenvalue weighted by Crippen LogP contribution is 2.34. The largest absolute Gasteiger partial charge is 0.418 e. The van der Waals surface area contributed by atoms with Crippen molar-refractivity contribution in [3.8, 4) is 5.69 Å². The van der Waals surface area contributed by atoms with Crippen LogP contribution in [0, 0.1) is 0 Å². The summed E-state index contributed by atoms with van der Waals surface area (Å²) in [5.41, 5.74) is 0.973. The molecular weight excluding hydrogens is 259 g/mol. The third kappa shape index (κ3) is 2.45. The second kappa shape index (κ2) is 4.77. The molecule has 0 saturated carbocycles. The Balaban J connectivity index is 2.61. The van der Waals surface area contributed by atoms with Gasteiger partial charge in [-0.2, -0.15) is 13.2 Å². The number of para-hydroxylation sites is 1. The summed E-state index contributed by atoms with van der Waals surface area (Å²) >= 11 is 0. The van der Waals surface area contributed by atoms with Gasteiger partial charge in [0, 0.05) is 6.20 Å². The van der Waals surface area contributed by atoms with Crippen molar-refractivity contribution in [1.82, 2.24) is 9.99 Å². The number of benzene rings is 1. The first-order valence-electron chi connectivity index (χ1n) is 5.30. The molecular formula is C12H10F3N3O. The number of alkyl halides is 3. The highest BCUT2D eigenvalue weighted by molar-refractivity contribution is 5.93. The molecule has 0 atom stereocenters. The van der Waals surface area contributed by atoms with E-state index in [0.717, 1.165) is 10.6 Å². The molecule has 0 fully saturated rings. The zero-order valence-electron chi connectivity index (χ0n) is 9.61. The summed E-state index contributed by atoms with van der Waals surface area (Å²) in [5.74, 6) is 4.33. The van der Waals surface area contributed by atoms with E-state index in [0.29, 0.717) is 0 Å². The van der Waals surface area contributed by atoms with Gasteiger partial charge in [-0.3, -0.25) is 10.2 Å². The number of carbonyl (C=O) groups is 1. The lowest BCUT2D eigenvalue weighted by Gasteiger charge is -2.15. The van der Waals surface area contributed by atoms with Crippen molar-refractivity contribution in [1.29, 1.82) is 0 Å². The van der Waals surface area contributed by atoms with E-state index in [-0.39, 0.29) is 11.4 Å². The summed E-state index contributed by atoms with van der Waals surface area (Å²) in [6.07, 6.45) is -3.13. The van der Waals surface area contributed by atoms with Crippen molar-refractivity contribution in [3.05, 3.63) is 53.9 Å². The van der Waals surface area contributed by atoms with Crippen molar-refractivity contribution < 1.29 is 18.0 Å². The van der Waals surface area contributed by atoms with Crippen LogP contribution in [-0.4, -0.2) is 10.5 Å². The number of nitrogens with one attached hydrogen (secondary N) is 1. The van der Waals surface area contributed by atoms with Gasteiger partial charge in [0.25, 0.3) is 5.91 Å². The molecule has 1 amide bonds. The second-order valence-corrected chi connectivity index (χ2v) is 3.75. The standard InChI is InChI=1S/C12H10F3N3O/c13-12(14,15)8-4-1-2-5-9(8)18-7-3-6-10(18)11(19)17-16/h1-7H,16H2,(H,17,19). The lowest BCUT2D eigenvalue weighted by atomic mass is 10.1. The summed E-state index contributed by atoms with van der Waals surface area (Å²) in [6, 6.07) is 7.86. The lowest BCUT2D eigenvalue weighted by Crippen LogP contribution is -2.31. The van der Waals surface area contributed by atoms with E-state index >= 15 is 0 Å². The van der Waals surface area contributed by atoms with Crippen molar-refractivity contribution in [3.63, 3.8) is 0 Å². The Morgan fingerprint density at radius 1 is 1.16 bits per heavy atom. The SMILES string of the molecule is NNC(=O)c1cccn1-c1ccccc1C(F)(F)F. The minimum atomic E-state index is -4.50. The Morgan fingerprint density at radius 2 is 1.84 bits per heavy atom. The van der Waals surface area contributed by atoms with Crippen LogP contribution in [0.3, 0.4) is 0 Å². The van der Waals surface area contributed by atoms with E-state index in [1.807, 2.05) is 5.43 Å². The van der Waals surface area contributed by atoms with Crippen molar-refractivity contribution in [2.24, 2.45) is 5.84 Å². The van der Waals surface area contributed by atoms with Crippen LogP contribution in [0.15, 0.2) is 42.6 Å². The number of rotatable bonds is 2. The molecule has 0 spiro atoms. The lowest BCUT2D eigenvalue weighted by molar-refractivity contribution is -0.137. The van der Waals surface area contributed by atoms with Crippen LogP contribution >= 0.6 is 0 Å². The fourth-order valence-electron chi connectivity index (χ4n) is 1.77. The van der Waals surface area contributed by atoms with Crippen molar-refractivity contribution >= 4 is 5.91 Å². The number of hydrogen-bond acceptors (Lipinski definition) is 2. The number of nitrogens with two attached hydrogens (primary N) is 1. The molecule has 0 aliphatic rings. The average molecular weight is 269 g/mol. The monoisotopic (exact) mass is 269 g/mol. The molecule has 7 heteroatoms. The van der Waals surface area contributed by atoms with E-state index in [1.54, 1.807) is 0 Å². The van der Waals surface area contributed by atoms with Gasteiger partial charge in [-0.15, -0.1) is 0 Å². The molecule has 2 aromatic rings. The molecule has 2 rings (SSSR count). The van der Waals surface area contributed by atoms with Crippen LogP contribution in [0.2, 0.25) is 0 Å². The number of amides is 1. The molecule has 0 aliphatic carbocycles. The molecule has 0 aliphatic heterocycles. The number of carbonyl (C=O) groups excluding carboxylic acids is 1. The van der Waals surface area contributed by atoms with Gasteiger partial charge in [-0.25, -0.2) is 5.84 Å². The number of hydrogen-bond donors (Lipinski definition) is 2. The van der Waals surface area contributed by atoms with E-state index in [1.165, 1.54) is 36.5 Å². The third-order valence-corrected chi connectivity index (χ3v) is 2.58. The van der Waals surface area contributed by atoms with Gasteiger partial charge < -0.3 is 4.57 Å². The third-order valence-electron chi connectivity index (χ3n) is 2.58. The topological polar surface area (TPSA) is 60.0 Å². The van der Waals surface area contributed by atoms with Crippen LogP contribution in [0.5, 0.6) is 0 Å². The molecule has 0 radical (unpaired) electrons. The minimum absolute atomic E-state index is 0.0270. The molecule has 4 nitrogen and oxygen atoms in total. The van der Waals surface area contributed by atoms with E-state index in [2.05, 4.69) is 0 Å². The summed E-state index contributed by atoms with van der Waals surface area (Å²) in [6.45, 7) is 0. The Bertz CT molecular complexity index is 604. The first-order chi connectivity index (χ1) is 8.95. The maximum atomic E-state index is 12.9. The van der Waals surface area contributed by atoms with E-state index < -0.39 is 17.6 Å². The molecule has 0 saturated heterocycles. The zero-order valence-corrected chi connectivity index (χ0v) is 9.61. The molecule has 0 unspecified atom stereocenters. The molecule has 1 aromatic carbocycles. The van der Waals surface area contributed by atoms with Crippen LogP contribution in [0.25, 0.3) is 5.69 Å². The summed E-state index contributed by atoms with van der Waals surface area (Å²) in [4.78, 5) is 11.5. The molecule has 1 heterocycles. The molecule has 3 N–H and O–H groups in total. The highest BCUT2D eigenvalue weighted by Gasteiger charge is 2.34.